The van der Waals surface area contributed by atoms with E-state index in [1.165, 1.54) is 10.4 Å². The molecule has 0 spiro atoms. The Morgan fingerprint density at radius 3 is 1.92 bits per heavy atom. The van der Waals surface area contributed by atoms with Crippen LogP contribution in [0.25, 0.3) is 0 Å². The van der Waals surface area contributed by atoms with Gasteiger partial charge < -0.3 is 5.73 Å². The second-order valence-corrected chi connectivity index (χ2v) is 4.89. The van der Waals surface area contributed by atoms with Gasteiger partial charge >= 0.3 is 0 Å². The third kappa shape index (κ3) is 2.89. The fourth-order valence-electron chi connectivity index (χ4n) is 1.18. The van der Waals surface area contributed by atoms with E-state index in [1.54, 1.807) is 11.3 Å². The Hall–Kier alpha value is -0.210. The van der Waals surface area contributed by atoms with Crippen LogP contribution in [0.5, 0.6) is 0 Å². The lowest BCUT2D eigenvalue weighted by Crippen LogP contribution is -1.89. The van der Waals surface area contributed by atoms with Gasteiger partial charge in [0.25, 0.3) is 0 Å². The van der Waals surface area contributed by atoms with Crippen LogP contribution in [0.4, 0.5) is 5.00 Å². The molecule has 3 heteroatoms. The molecule has 0 saturated carbocycles. The van der Waals surface area contributed by atoms with E-state index in [0.29, 0.717) is 11.8 Å². The van der Waals surface area contributed by atoms with Gasteiger partial charge in [-0.2, -0.15) is 0 Å². The van der Waals surface area contributed by atoms with Gasteiger partial charge in [-0.3, -0.25) is 0 Å². The zero-order valence-corrected chi connectivity index (χ0v) is 10.3. The predicted molar refractivity (Wildman–Crippen MR) is 64.2 cm³/mol. The van der Waals surface area contributed by atoms with Crippen LogP contribution in [0.1, 0.15) is 50.0 Å². The van der Waals surface area contributed by atoms with E-state index < -0.39 is 0 Å². The molecule has 0 atom stereocenters. The minimum Gasteiger partial charge on any atom is -0.390 e. The monoisotopic (exact) mass is 219 g/mol. The highest BCUT2D eigenvalue weighted by atomic mass is 35.5. The molecule has 13 heavy (non-hydrogen) atoms. The molecule has 0 aliphatic rings. The fourth-order valence-corrected chi connectivity index (χ4v) is 2.26. The SMILES string of the molecule is CC(C)c1cc(C(C)C)c(N)s1.Cl. The third-order valence-corrected chi connectivity index (χ3v) is 3.28. The fraction of sp³-hybridized carbons (Fsp3) is 0.600. The molecular formula is C10H18ClNS. The van der Waals surface area contributed by atoms with Crippen molar-refractivity contribution in [2.24, 2.45) is 0 Å². The minimum absolute atomic E-state index is 0. The van der Waals surface area contributed by atoms with Gasteiger partial charge in [0.05, 0.1) is 5.00 Å². The smallest absolute Gasteiger partial charge is 0.0894 e. The van der Waals surface area contributed by atoms with Crippen molar-refractivity contribution in [2.75, 3.05) is 5.73 Å². The molecular weight excluding hydrogens is 202 g/mol. The Kier molecular flexibility index (Phi) is 4.79. The molecule has 0 bridgehead atoms. The first kappa shape index (κ1) is 12.8. The lowest BCUT2D eigenvalue weighted by Gasteiger charge is -2.01. The molecule has 0 unspecified atom stereocenters. The highest BCUT2D eigenvalue weighted by Crippen LogP contribution is 2.34. The maximum atomic E-state index is 5.90. The number of halogens is 1. The summed E-state index contributed by atoms with van der Waals surface area (Å²) in [5.41, 5.74) is 7.21. The number of anilines is 1. The van der Waals surface area contributed by atoms with E-state index in [-0.39, 0.29) is 12.4 Å². The number of thiophene rings is 1. The number of rotatable bonds is 2. The third-order valence-electron chi connectivity index (χ3n) is 2.00. The van der Waals surface area contributed by atoms with Crippen LogP contribution in [-0.4, -0.2) is 0 Å². The summed E-state index contributed by atoms with van der Waals surface area (Å²) in [6, 6.07) is 2.25. The van der Waals surface area contributed by atoms with Crippen LogP contribution >= 0.6 is 23.7 Å². The van der Waals surface area contributed by atoms with Crippen LogP contribution in [0.15, 0.2) is 6.07 Å². The lowest BCUT2D eigenvalue weighted by molar-refractivity contribution is 0.857. The zero-order chi connectivity index (χ0) is 9.30. The number of nitrogen functional groups attached to an aromatic ring is 1. The van der Waals surface area contributed by atoms with Crippen molar-refractivity contribution in [2.45, 2.75) is 39.5 Å². The molecule has 0 aliphatic carbocycles. The quantitative estimate of drug-likeness (QED) is 0.800. The van der Waals surface area contributed by atoms with Crippen molar-refractivity contribution in [3.05, 3.63) is 16.5 Å². The molecule has 76 valence electrons. The van der Waals surface area contributed by atoms with Crippen molar-refractivity contribution in [1.82, 2.24) is 0 Å². The number of hydrogen-bond donors (Lipinski definition) is 1. The Morgan fingerprint density at radius 1 is 1.15 bits per heavy atom. The van der Waals surface area contributed by atoms with Crippen molar-refractivity contribution < 1.29 is 0 Å². The molecule has 0 saturated heterocycles. The summed E-state index contributed by atoms with van der Waals surface area (Å²) >= 11 is 1.73. The maximum absolute atomic E-state index is 5.90. The van der Waals surface area contributed by atoms with Crippen molar-refractivity contribution >= 4 is 28.7 Å². The topological polar surface area (TPSA) is 26.0 Å². The summed E-state index contributed by atoms with van der Waals surface area (Å²) in [6.45, 7) is 8.77. The molecule has 0 fully saturated rings. The molecule has 1 rings (SSSR count). The normalized spacial score (nSPS) is 10.6. The molecule has 0 amide bonds. The standard InChI is InChI=1S/C10H17NS.ClH/c1-6(2)8-5-9(7(3)4)12-10(8)11;/h5-7H,11H2,1-4H3;1H. The Balaban J connectivity index is 0.00000144. The van der Waals surface area contributed by atoms with Crippen LogP contribution in [0, 0.1) is 0 Å². The molecule has 1 heterocycles. The van der Waals surface area contributed by atoms with E-state index >= 15 is 0 Å². The van der Waals surface area contributed by atoms with Crippen molar-refractivity contribution in [3.63, 3.8) is 0 Å². The van der Waals surface area contributed by atoms with E-state index in [4.69, 9.17) is 5.73 Å². The second-order valence-electron chi connectivity index (χ2n) is 3.78. The van der Waals surface area contributed by atoms with E-state index in [1.807, 2.05) is 0 Å². The summed E-state index contributed by atoms with van der Waals surface area (Å²) < 4.78 is 0. The van der Waals surface area contributed by atoms with Gasteiger partial charge in [0, 0.05) is 4.88 Å². The maximum Gasteiger partial charge on any atom is 0.0894 e. The van der Waals surface area contributed by atoms with Gasteiger partial charge in [-0.15, -0.1) is 23.7 Å². The summed E-state index contributed by atoms with van der Waals surface area (Å²) in [4.78, 5) is 1.40. The van der Waals surface area contributed by atoms with Crippen molar-refractivity contribution in [3.8, 4) is 0 Å². The van der Waals surface area contributed by atoms with Gasteiger partial charge in [0.2, 0.25) is 0 Å². The summed E-state index contributed by atoms with van der Waals surface area (Å²) in [6.07, 6.45) is 0. The molecule has 2 N–H and O–H groups in total. The highest BCUT2D eigenvalue weighted by Gasteiger charge is 2.10. The van der Waals surface area contributed by atoms with Gasteiger partial charge in [-0.05, 0) is 23.5 Å². The van der Waals surface area contributed by atoms with Gasteiger partial charge in [0.15, 0.2) is 0 Å². The van der Waals surface area contributed by atoms with Crippen molar-refractivity contribution in [1.29, 1.82) is 0 Å². The average molecular weight is 220 g/mol. The average Bonchev–Trinajstić information content (AvgIpc) is 2.30. The Labute approximate surface area is 90.8 Å². The molecule has 0 aromatic carbocycles. The Bertz CT molecular complexity index is 266. The van der Waals surface area contributed by atoms with Crippen LogP contribution in [-0.2, 0) is 0 Å². The predicted octanol–water partition coefficient (Wildman–Crippen LogP) is 4.00. The van der Waals surface area contributed by atoms with Crippen LogP contribution < -0.4 is 5.73 Å². The van der Waals surface area contributed by atoms with Gasteiger partial charge in [0.1, 0.15) is 0 Å². The Morgan fingerprint density at radius 2 is 1.69 bits per heavy atom. The van der Waals surface area contributed by atoms with E-state index in [2.05, 4.69) is 33.8 Å². The number of nitrogens with two attached hydrogens (primary N) is 1. The molecule has 1 aromatic rings. The van der Waals surface area contributed by atoms with Gasteiger partial charge in [-0.25, -0.2) is 0 Å². The molecule has 1 aromatic heterocycles. The lowest BCUT2D eigenvalue weighted by atomic mass is 10.0. The van der Waals surface area contributed by atoms with E-state index in [9.17, 15) is 0 Å². The van der Waals surface area contributed by atoms with Crippen LogP contribution in [0.3, 0.4) is 0 Å². The summed E-state index contributed by atoms with van der Waals surface area (Å²) in [5.74, 6) is 1.15. The number of hydrogen-bond acceptors (Lipinski definition) is 2. The first-order valence-electron chi connectivity index (χ1n) is 4.41. The first-order chi connectivity index (χ1) is 5.52. The first-order valence-corrected chi connectivity index (χ1v) is 5.23. The van der Waals surface area contributed by atoms with Gasteiger partial charge in [-0.1, -0.05) is 27.7 Å². The molecule has 0 radical (unpaired) electrons. The minimum atomic E-state index is 0. The molecule has 1 nitrogen and oxygen atoms in total. The summed E-state index contributed by atoms with van der Waals surface area (Å²) in [5, 5.41) is 0.994. The highest BCUT2D eigenvalue weighted by molar-refractivity contribution is 7.16. The largest absolute Gasteiger partial charge is 0.390 e. The van der Waals surface area contributed by atoms with E-state index in [0.717, 1.165) is 5.00 Å². The molecule has 0 aliphatic heterocycles. The summed E-state index contributed by atoms with van der Waals surface area (Å²) in [7, 11) is 0. The second kappa shape index (κ2) is 4.87. The zero-order valence-electron chi connectivity index (χ0n) is 8.63. The van der Waals surface area contributed by atoms with Crippen LogP contribution in [0.2, 0.25) is 0 Å².